The van der Waals surface area contributed by atoms with E-state index in [4.69, 9.17) is 9.47 Å². The second-order valence-corrected chi connectivity index (χ2v) is 5.40. The van der Waals surface area contributed by atoms with E-state index in [-0.39, 0.29) is 5.69 Å². The van der Waals surface area contributed by atoms with Crippen molar-refractivity contribution in [3.05, 3.63) is 70.4 Å². The molecule has 7 heteroatoms. The second-order valence-electron chi connectivity index (χ2n) is 5.40. The summed E-state index contributed by atoms with van der Waals surface area (Å²) in [7, 11) is 3.28. The van der Waals surface area contributed by atoms with Gasteiger partial charge in [-0.1, -0.05) is 30.3 Å². The van der Waals surface area contributed by atoms with E-state index in [1.807, 2.05) is 30.3 Å². The Kier molecular flexibility index (Phi) is 4.65. The molecule has 0 saturated carbocycles. The van der Waals surface area contributed by atoms with E-state index in [1.54, 1.807) is 24.0 Å². The minimum atomic E-state index is -0.437. The predicted molar refractivity (Wildman–Crippen MR) is 92.6 cm³/mol. The van der Waals surface area contributed by atoms with E-state index >= 15 is 0 Å². The molecule has 3 rings (SSSR count). The van der Waals surface area contributed by atoms with Crippen molar-refractivity contribution in [1.29, 1.82) is 0 Å². The maximum absolute atomic E-state index is 11.2. The van der Waals surface area contributed by atoms with Crippen LogP contribution in [0, 0.1) is 10.1 Å². The van der Waals surface area contributed by atoms with Gasteiger partial charge >= 0.3 is 0 Å². The molecule has 3 aromatic rings. The molecule has 0 aliphatic heterocycles. The first-order valence-electron chi connectivity index (χ1n) is 7.61. The summed E-state index contributed by atoms with van der Waals surface area (Å²) in [6, 6.07) is 14.2. The molecule has 25 heavy (non-hydrogen) atoms. The van der Waals surface area contributed by atoms with Gasteiger partial charge in [0.15, 0.2) is 5.75 Å². The van der Waals surface area contributed by atoms with E-state index < -0.39 is 4.92 Å². The van der Waals surface area contributed by atoms with Crippen LogP contribution in [0.1, 0.15) is 5.56 Å². The van der Waals surface area contributed by atoms with Gasteiger partial charge in [0.25, 0.3) is 5.69 Å². The number of nitro groups is 1. The lowest BCUT2D eigenvalue weighted by Crippen LogP contribution is -2.01. The number of aromatic nitrogens is 2. The van der Waals surface area contributed by atoms with E-state index in [2.05, 4.69) is 5.10 Å². The number of non-ortho nitro benzene ring substituents is 1. The molecule has 128 valence electrons. The number of hydrogen-bond acceptors (Lipinski definition) is 5. The Hall–Kier alpha value is -3.35. The number of methoxy groups -OCH3 is 1. The fourth-order valence-corrected chi connectivity index (χ4v) is 2.55. The van der Waals surface area contributed by atoms with Gasteiger partial charge in [-0.2, -0.15) is 5.10 Å². The quantitative estimate of drug-likeness (QED) is 0.506. The molecule has 1 aromatic heterocycles. The molecule has 0 radical (unpaired) electrons. The summed E-state index contributed by atoms with van der Waals surface area (Å²) >= 11 is 0. The van der Waals surface area contributed by atoms with Crippen LogP contribution in [0.4, 0.5) is 5.69 Å². The number of nitro benzene ring substituents is 1. The minimum Gasteiger partial charge on any atom is -0.493 e. The topological polar surface area (TPSA) is 79.4 Å². The molecule has 0 amide bonds. The van der Waals surface area contributed by atoms with Crippen LogP contribution in [0.5, 0.6) is 11.5 Å². The average Bonchev–Trinajstić information content (AvgIpc) is 3.01. The predicted octanol–water partition coefficient (Wildman–Crippen LogP) is 3.58. The summed E-state index contributed by atoms with van der Waals surface area (Å²) in [6.45, 7) is 0.353. The van der Waals surface area contributed by atoms with Gasteiger partial charge in [-0.05, 0) is 11.6 Å². The molecule has 0 fully saturated rings. The monoisotopic (exact) mass is 339 g/mol. The molecular weight excluding hydrogens is 322 g/mol. The number of hydrogen-bond donors (Lipinski definition) is 0. The van der Waals surface area contributed by atoms with Crippen molar-refractivity contribution < 1.29 is 14.4 Å². The van der Waals surface area contributed by atoms with E-state index in [1.165, 1.54) is 19.2 Å². The second kappa shape index (κ2) is 7.04. The van der Waals surface area contributed by atoms with Crippen molar-refractivity contribution in [3.8, 4) is 22.8 Å². The molecule has 2 aromatic carbocycles. The van der Waals surface area contributed by atoms with Gasteiger partial charge in [0.2, 0.25) is 0 Å². The first kappa shape index (κ1) is 16.5. The van der Waals surface area contributed by atoms with Crippen LogP contribution in [-0.2, 0) is 13.7 Å². The smallest absolute Gasteiger partial charge is 0.270 e. The van der Waals surface area contributed by atoms with Crippen LogP contribution in [-0.4, -0.2) is 21.8 Å². The van der Waals surface area contributed by atoms with Crippen LogP contribution in [0.3, 0.4) is 0 Å². The zero-order valence-electron chi connectivity index (χ0n) is 13.9. The number of benzene rings is 2. The van der Waals surface area contributed by atoms with Crippen molar-refractivity contribution in [3.63, 3.8) is 0 Å². The normalized spacial score (nSPS) is 10.5. The fourth-order valence-electron chi connectivity index (χ4n) is 2.55. The van der Waals surface area contributed by atoms with Crippen molar-refractivity contribution in [2.45, 2.75) is 6.61 Å². The van der Waals surface area contributed by atoms with E-state index in [0.717, 1.165) is 5.56 Å². The summed E-state index contributed by atoms with van der Waals surface area (Å²) in [5.41, 5.74) is 2.16. The van der Waals surface area contributed by atoms with Gasteiger partial charge in [-0.15, -0.1) is 0 Å². The molecule has 7 nitrogen and oxygen atoms in total. The highest BCUT2D eigenvalue weighted by Crippen LogP contribution is 2.38. The number of rotatable bonds is 6. The highest BCUT2D eigenvalue weighted by molar-refractivity contribution is 5.74. The fraction of sp³-hybridized carbons (Fsp3) is 0.167. The SMILES string of the molecule is COc1cnn(C)c1-c1cc([N+](=O)[O-])ccc1OCc1ccccc1. The summed E-state index contributed by atoms with van der Waals surface area (Å²) in [6.07, 6.45) is 1.56. The highest BCUT2D eigenvalue weighted by Gasteiger charge is 2.20. The van der Waals surface area contributed by atoms with Crippen molar-refractivity contribution >= 4 is 5.69 Å². The lowest BCUT2D eigenvalue weighted by Gasteiger charge is -2.13. The Balaban J connectivity index is 2.02. The van der Waals surface area contributed by atoms with Crippen LogP contribution in [0.2, 0.25) is 0 Å². The van der Waals surface area contributed by atoms with Crippen molar-refractivity contribution in [2.24, 2.45) is 7.05 Å². The lowest BCUT2D eigenvalue weighted by molar-refractivity contribution is -0.384. The number of nitrogens with zero attached hydrogens (tertiary/aromatic N) is 3. The summed E-state index contributed by atoms with van der Waals surface area (Å²) < 4.78 is 12.9. The van der Waals surface area contributed by atoms with Crippen molar-refractivity contribution in [2.75, 3.05) is 7.11 Å². The van der Waals surface area contributed by atoms with Gasteiger partial charge in [0.1, 0.15) is 18.1 Å². The molecule has 1 heterocycles. The van der Waals surface area contributed by atoms with Crippen LogP contribution in [0.15, 0.2) is 54.7 Å². The van der Waals surface area contributed by atoms with E-state index in [9.17, 15) is 10.1 Å². The zero-order chi connectivity index (χ0) is 17.8. The van der Waals surface area contributed by atoms with Gasteiger partial charge in [-0.3, -0.25) is 14.8 Å². The average molecular weight is 339 g/mol. The summed E-state index contributed by atoms with van der Waals surface area (Å²) in [5, 5.41) is 15.3. The number of aryl methyl sites for hydroxylation is 1. The lowest BCUT2D eigenvalue weighted by atomic mass is 10.1. The third kappa shape index (κ3) is 3.45. The first-order chi connectivity index (χ1) is 12.1. The van der Waals surface area contributed by atoms with E-state index in [0.29, 0.717) is 29.4 Å². The van der Waals surface area contributed by atoms with Gasteiger partial charge in [-0.25, -0.2) is 0 Å². The maximum atomic E-state index is 11.2. The van der Waals surface area contributed by atoms with Gasteiger partial charge < -0.3 is 9.47 Å². The molecule has 0 saturated heterocycles. The largest absolute Gasteiger partial charge is 0.493 e. The Morgan fingerprint density at radius 1 is 1.16 bits per heavy atom. The molecule has 0 spiro atoms. The molecule has 0 atom stereocenters. The minimum absolute atomic E-state index is 0.0229. The molecule has 0 unspecified atom stereocenters. The molecule has 0 aliphatic carbocycles. The Labute approximate surface area is 144 Å². The molecular formula is C18H17N3O4. The Morgan fingerprint density at radius 2 is 1.92 bits per heavy atom. The van der Waals surface area contributed by atoms with Crippen LogP contribution in [0.25, 0.3) is 11.3 Å². The third-order valence-corrected chi connectivity index (χ3v) is 3.79. The van der Waals surface area contributed by atoms with Crippen molar-refractivity contribution in [1.82, 2.24) is 9.78 Å². The summed E-state index contributed by atoms with van der Waals surface area (Å²) in [4.78, 5) is 10.7. The van der Waals surface area contributed by atoms with Gasteiger partial charge in [0, 0.05) is 19.2 Å². The Bertz CT molecular complexity index is 891. The van der Waals surface area contributed by atoms with Gasteiger partial charge in [0.05, 0.1) is 23.8 Å². The third-order valence-electron chi connectivity index (χ3n) is 3.79. The zero-order valence-corrected chi connectivity index (χ0v) is 13.9. The number of ether oxygens (including phenoxy) is 2. The first-order valence-corrected chi connectivity index (χ1v) is 7.61. The standard InChI is InChI=1S/C18H17N3O4/c1-20-18(17(24-2)11-19-20)15-10-14(21(22)23)8-9-16(15)25-12-13-6-4-3-5-7-13/h3-11H,12H2,1-2H3. The molecule has 0 aliphatic rings. The molecule has 0 bridgehead atoms. The summed E-state index contributed by atoms with van der Waals surface area (Å²) in [5.74, 6) is 1.05. The maximum Gasteiger partial charge on any atom is 0.270 e. The van der Waals surface area contributed by atoms with Crippen LogP contribution >= 0.6 is 0 Å². The van der Waals surface area contributed by atoms with Crippen LogP contribution < -0.4 is 9.47 Å². The Morgan fingerprint density at radius 3 is 2.60 bits per heavy atom. The highest BCUT2D eigenvalue weighted by atomic mass is 16.6. The molecule has 0 N–H and O–H groups in total.